The number of carbonyl (C=O) groups is 1. The maximum Gasteiger partial charge on any atom is 0.227 e. The number of rotatable bonds is 4. The molecule has 1 aliphatic heterocycles. The van der Waals surface area contributed by atoms with Crippen LogP contribution in [0, 0.1) is 5.82 Å². The van der Waals surface area contributed by atoms with E-state index in [2.05, 4.69) is 11.9 Å². The topological polar surface area (TPSA) is 45.3 Å². The number of hydrogen-bond donors (Lipinski definition) is 1. The number of amides is 1. The number of hydrogen-bond acceptors (Lipinski definition) is 2. The number of fused-ring (bicyclic) bond motifs is 1. The lowest BCUT2D eigenvalue weighted by Gasteiger charge is -2.39. The van der Waals surface area contributed by atoms with E-state index in [1.54, 1.807) is 12.3 Å². The number of piperidine rings is 1. The van der Waals surface area contributed by atoms with Crippen molar-refractivity contribution in [3.8, 4) is 0 Å². The fourth-order valence-electron chi connectivity index (χ4n) is 3.30. The van der Waals surface area contributed by atoms with Gasteiger partial charge in [-0.05, 0) is 50.5 Å². The summed E-state index contributed by atoms with van der Waals surface area (Å²) < 4.78 is 19.0. The molecule has 0 saturated carbocycles. The van der Waals surface area contributed by atoms with E-state index in [0.717, 1.165) is 42.4 Å². The van der Waals surface area contributed by atoms with E-state index in [9.17, 15) is 9.18 Å². The highest BCUT2D eigenvalue weighted by molar-refractivity contribution is 5.89. The molecule has 1 aromatic heterocycles. The number of carbonyl (C=O) groups excluding carboxylic acids is 1. The third-order valence-electron chi connectivity index (χ3n) is 4.74. The van der Waals surface area contributed by atoms with Crippen LogP contribution in [0.5, 0.6) is 0 Å². The lowest BCUT2D eigenvalue weighted by Crippen LogP contribution is -2.47. The zero-order chi connectivity index (χ0) is 16.4. The van der Waals surface area contributed by atoms with Crippen molar-refractivity contribution in [2.75, 3.05) is 19.7 Å². The molecule has 2 aromatic rings. The Morgan fingerprint density at radius 3 is 2.83 bits per heavy atom. The predicted octanol–water partition coefficient (Wildman–Crippen LogP) is 3.27. The van der Waals surface area contributed by atoms with Gasteiger partial charge in [0.05, 0.1) is 12.0 Å². The Hall–Kier alpha value is -1.88. The number of nitrogens with zero attached hydrogens (tertiary/aromatic N) is 1. The quantitative estimate of drug-likeness (QED) is 0.940. The lowest BCUT2D eigenvalue weighted by atomic mass is 9.93. The molecule has 2 heterocycles. The van der Waals surface area contributed by atoms with Crippen LogP contribution in [0.4, 0.5) is 4.39 Å². The van der Waals surface area contributed by atoms with Gasteiger partial charge in [-0.1, -0.05) is 0 Å². The van der Waals surface area contributed by atoms with E-state index < -0.39 is 0 Å². The monoisotopic (exact) mass is 318 g/mol. The summed E-state index contributed by atoms with van der Waals surface area (Å²) in [6, 6.07) is 4.61. The van der Waals surface area contributed by atoms with Crippen molar-refractivity contribution >= 4 is 16.8 Å². The molecular formula is C18H23FN2O2. The van der Waals surface area contributed by atoms with Crippen LogP contribution >= 0.6 is 0 Å². The largest absolute Gasteiger partial charge is 0.375 e. The van der Waals surface area contributed by atoms with Gasteiger partial charge in [0.1, 0.15) is 5.82 Å². The van der Waals surface area contributed by atoms with Crippen LogP contribution in [0.15, 0.2) is 24.4 Å². The van der Waals surface area contributed by atoms with Crippen LogP contribution in [0.2, 0.25) is 0 Å². The first-order valence-electron chi connectivity index (χ1n) is 8.18. The first kappa shape index (κ1) is 16.0. The second-order valence-corrected chi connectivity index (χ2v) is 6.44. The van der Waals surface area contributed by atoms with Crippen molar-refractivity contribution in [2.45, 2.75) is 38.7 Å². The normalized spacial score (nSPS) is 17.6. The van der Waals surface area contributed by atoms with Crippen molar-refractivity contribution in [3.63, 3.8) is 0 Å². The van der Waals surface area contributed by atoms with Crippen molar-refractivity contribution in [1.82, 2.24) is 9.88 Å². The molecule has 0 atom stereocenters. The van der Waals surface area contributed by atoms with Crippen molar-refractivity contribution in [3.05, 3.63) is 35.8 Å². The summed E-state index contributed by atoms with van der Waals surface area (Å²) in [5.41, 5.74) is 1.54. The molecule has 4 nitrogen and oxygen atoms in total. The number of H-pyrrole nitrogens is 1. The molecule has 0 radical (unpaired) electrons. The maximum atomic E-state index is 13.2. The first-order chi connectivity index (χ1) is 11.0. The number of benzene rings is 1. The molecule has 1 N–H and O–H groups in total. The van der Waals surface area contributed by atoms with E-state index in [0.29, 0.717) is 13.0 Å². The maximum absolute atomic E-state index is 13.2. The van der Waals surface area contributed by atoms with Gasteiger partial charge in [-0.3, -0.25) is 4.79 Å². The van der Waals surface area contributed by atoms with Crippen LogP contribution in [0.25, 0.3) is 10.9 Å². The van der Waals surface area contributed by atoms with Gasteiger partial charge in [-0.15, -0.1) is 0 Å². The molecule has 1 aromatic carbocycles. The molecular weight excluding hydrogens is 295 g/mol. The highest BCUT2D eigenvalue weighted by Crippen LogP contribution is 2.27. The number of nitrogens with one attached hydrogen (secondary N) is 1. The molecule has 1 amide bonds. The molecule has 0 bridgehead atoms. The van der Waals surface area contributed by atoms with Crippen molar-refractivity contribution in [1.29, 1.82) is 0 Å². The van der Waals surface area contributed by atoms with Crippen LogP contribution < -0.4 is 0 Å². The van der Waals surface area contributed by atoms with Crippen LogP contribution in [-0.4, -0.2) is 41.1 Å². The smallest absolute Gasteiger partial charge is 0.227 e. The molecule has 124 valence electrons. The Balaban J connectivity index is 1.65. The van der Waals surface area contributed by atoms with E-state index in [4.69, 9.17) is 4.74 Å². The Morgan fingerprint density at radius 1 is 1.39 bits per heavy atom. The van der Waals surface area contributed by atoms with Gasteiger partial charge < -0.3 is 14.6 Å². The minimum absolute atomic E-state index is 0.107. The van der Waals surface area contributed by atoms with Gasteiger partial charge in [-0.2, -0.15) is 0 Å². The van der Waals surface area contributed by atoms with E-state index >= 15 is 0 Å². The SMILES string of the molecule is CCOC1(C)CCN(C(=O)Cc2c[nH]c3cc(F)ccc23)CC1. The number of aromatic amines is 1. The number of aromatic nitrogens is 1. The summed E-state index contributed by atoms with van der Waals surface area (Å²) in [4.78, 5) is 17.5. The fraction of sp³-hybridized carbons (Fsp3) is 0.500. The van der Waals surface area contributed by atoms with E-state index in [-0.39, 0.29) is 17.3 Å². The summed E-state index contributed by atoms with van der Waals surface area (Å²) in [7, 11) is 0. The van der Waals surface area contributed by atoms with Gasteiger partial charge in [0.15, 0.2) is 0 Å². The van der Waals surface area contributed by atoms with Crippen LogP contribution in [0.3, 0.4) is 0 Å². The Bertz CT molecular complexity index is 702. The third-order valence-corrected chi connectivity index (χ3v) is 4.74. The minimum atomic E-state index is -0.275. The summed E-state index contributed by atoms with van der Waals surface area (Å²) in [5, 5.41) is 0.913. The second-order valence-electron chi connectivity index (χ2n) is 6.44. The molecule has 5 heteroatoms. The molecule has 1 fully saturated rings. The molecule has 1 saturated heterocycles. The Labute approximate surface area is 135 Å². The second kappa shape index (κ2) is 6.32. The van der Waals surface area contributed by atoms with Crippen LogP contribution in [0.1, 0.15) is 32.3 Å². The van der Waals surface area contributed by atoms with Gasteiger partial charge in [-0.25, -0.2) is 4.39 Å². The average Bonchev–Trinajstić information content (AvgIpc) is 2.90. The molecule has 3 rings (SSSR count). The average molecular weight is 318 g/mol. The number of ether oxygens (including phenoxy) is 1. The van der Waals surface area contributed by atoms with Crippen molar-refractivity contribution in [2.24, 2.45) is 0 Å². The van der Waals surface area contributed by atoms with E-state index in [1.165, 1.54) is 12.1 Å². The standard InChI is InChI=1S/C18H23FN2O2/c1-3-23-18(2)6-8-21(9-7-18)17(22)10-13-12-20-16-11-14(19)4-5-15(13)16/h4-5,11-12,20H,3,6-10H2,1-2H3. The third kappa shape index (κ3) is 3.39. The number of halogens is 1. The summed E-state index contributed by atoms with van der Waals surface area (Å²) in [5.74, 6) is -0.155. The van der Waals surface area contributed by atoms with Crippen LogP contribution in [-0.2, 0) is 16.0 Å². The summed E-state index contributed by atoms with van der Waals surface area (Å²) in [6.45, 7) is 6.28. The zero-order valence-electron chi connectivity index (χ0n) is 13.7. The zero-order valence-corrected chi connectivity index (χ0v) is 13.7. The van der Waals surface area contributed by atoms with Crippen molar-refractivity contribution < 1.29 is 13.9 Å². The predicted molar refractivity (Wildman–Crippen MR) is 87.8 cm³/mol. The molecule has 1 aliphatic rings. The van der Waals surface area contributed by atoms with E-state index in [1.807, 2.05) is 11.8 Å². The Kier molecular flexibility index (Phi) is 4.39. The minimum Gasteiger partial charge on any atom is -0.375 e. The highest BCUT2D eigenvalue weighted by Gasteiger charge is 2.32. The fourth-order valence-corrected chi connectivity index (χ4v) is 3.30. The molecule has 0 aliphatic carbocycles. The van der Waals surface area contributed by atoms with Gasteiger partial charge in [0, 0.05) is 36.8 Å². The van der Waals surface area contributed by atoms with Gasteiger partial charge in [0.2, 0.25) is 5.91 Å². The lowest BCUT2D eigenvalue weighted by molar-refractivity contribution is -0.136. The summed E-state index contributed by atoms with van der Waals surface area (Å²) in [6.07, 6.45) is 3.88. The van der Waals surface area contributed by atoms with Gasteiger partial charge in [0.25, 0.3) is 0 Å². The Morgan fingerprint density at radius 2 is 2.13 bits per heavy atom. The summed E-state index contributed by atoms with van der Waals surface area (Å²) >= 11 is 0. The molecule has 23 heavy (non-hydrogen) atoms. The highest BCUT2D eigenvalue weighted by atomic mass is 19.1. The number of likely N-dealkylation sites (tertiary alicyclic amines) is 1. The first-order valence-corrected chi connectivity index (χ1v) is 8.18. The molecule has 0 unspecified atom stereocenters. The van der Waals surface area contributed by atoms with Gasteiger partial charge >= 0.3 is 0 Å². The molecule has 0 spiro atoms.